The number of aryl methyl sites for hydroxylation is 2. The molecule has 7 nitrogen and oxygen atoms in total. The van der Waals surface area contributed by atoms with Crippen LogP contribution in [-0.2, 0) is 16.0 Å². The number of hydrogen-bond acceptors (Lipinski definition) is 6. The second kappa shape index (κ2) is 9.39. The van der Waals surface area contributed by atoms with Gasteiger partial charge in [-0.15, -0.1) is 0 Å². The van der Waals surface area contributed by atoms with E-state index >= 15 is 0 Å². The number of nitrogens with one attached hydrogen (secondary N) is 1. The highest BCUT2D eigenvalue weighted by Gasteiger charge is 2.21. The first-order valence-corrected chi connectivity index (χ1v) is 9.52. The number of amides is 1. The van der Waals surface area contributed by atoms with Gasteiger partial charge < -0.3 is 24.4 Å². The van der Waals surface area contributed by atoms with Gasteiger partial charge in [-0.2, -0.15) is 0 Å². The van der Waals surface area contributed by atoms with E-state index in [4.69, 9.17) is 9.15 Å². The van der Waals surface area contributed by atoms with E-state index in [-0.39, 0.29) is 6.42 Å². The van der Waals surface area contributed by atoms with E-state index in [1.807, 2.05) is 13.8 Å². The average molecular weight is 388 g/mol. The van der Waals surface area contributed by atoms with Crippen LogP contribution in [0.4, 0.5) is 0 Å². The number of carboxylic acids is 1. The fourth-order valence-corrected chi connectivity index (χ4v) is 3.08. The lowest BCUT2D eigenvalue weighted by atomic mass is 10.0. The van der Waals surface area contributed by atoms with Crippen LogP contribution in [0.3, 0.4) is 0 Å². The number of hydrogen-bond donors (Lipinski definition) is 1. The van der Waals surface area contributed by atoms with Gasteiger partial charge in [0.1, 0.15) is 11.3 Å². The molecule has 0 fully saturated rings. The molecule has 0 radical (unpaired) electrons. The quantitative estimate of drug-likeness (QED) is 0.657. The summed E-state index contributed by atoms with van der Waals surface area (Å²) in [5, 5.41) is 14.4. The largest absolute Gasteiger partial charge is 0.548 e. The van der Waals surface area contributed by atoms with Gasteiger partial charge in [0.15, 0.2) is 6.10 Å². The molecule has 0 aliphatic carbocycles. The Labute approximate surface area is 163 Å². The highest BCUT2D eigenvalue weighted by molar-refractivity contribution is 5.87. The molecular formula is C21H26NO6-. The molecule has 0 bridgehead atoms. The fourth-order valence-electron chi connectivity index (χ4n) is 3.08. The molecule has 1 N–H and O–H groups in total. The Kier molecular flexibility index (Phi) is 7.20. The predicted molar refractivity (Wildman–Crippen MR) is 103 cm³/mol. The van der Waals surface area contributed by atoms with Crippen molar-refractivity contribution in [3.05, 3.63) is 39.7 Å². The first-order chi connectivity index (χ1) is 13.3. The Bertz CT molecular complexity index is 917. The molecule has 0 saturated heterocycles. The molecule has 1 amide bonds. The molecule has 0 aliphatic heterocycles. The summed E-state index contributed by atoms with van der Waals surface area (Å²) < 4.78 is 11.1. The van der Waals surface area contributed by atoms with Gasteiger partial charge in [-0.1, -0.05) is 26.7 Å². The number of rotatable bonds is 9. The molecule has 28 heavy (non-hydrogen) atoms. The van der Waals surface area contributed by atoms with Crippen molar-refractivity contribution in [1.29, 1.82) is 0 Å². The minimum absolute atomic E-state index is 0.279. The summed E-state index contributed by atoms with van der Waals surface area (Å²) in [5.41, 5.74) is 1.51. The summed E-state index contributed by atoms with van der Waals surface area (Å²) >= 11 is 0. The van der Waals surface area contributed by atoms with Crippen LogP contribution < -0.4 is 20.8 Å². The lowest BCUT2D eigenvalue weighted by molar-refractivity contribution is -0.308. The minimum atomic E-state index is -1.32. The number of carbonyl (C=O) groups is 2. The molecular weight excluding hydrogens is 362 g/mol. The molecule has 2 aromatic rings. The number of fused-ring (bicyclic) bond motifs is 1. The van der Waals surface area contributed by atoms with E-state index in [0.717, 1.165) is 23.8 Å². The molecule has 152 valence electrons. The van der Waals surface area contributed by atoms with Gasteiger partial charge in [0.2, 0.25) is 0 Å². The average Bonchev–Trinajstić information content (AvgIpc) is 2.64. The van der Waals surface area contributed by atoms with Crippen molar-refractivity contribution in [3.8, 4) is 5.75 Å². The van der Waals surface area contributed by atoms with Gasteiger partial charge in [0, 0.05) is 17.0 Å². The summed E-state index contributed by atoms with van der Waals surface area (Å²) in [6.45, 7) is 7.13. The smallest absolute Gasteiger partial charge is 0.336 e. The predicted octanol–water partition coefficient (Wildman–Crippen LogP) is 1.86. The summed E-state index contributed by atoms with van der Waals surface area (Å²) in [6.07, 6.45) is 1.59. The van der Waals surface area contributed by atoms with E-state index in [1.165, 1.54) is 13.0 Å². The van der Waals surface area contributed by atoms with Gasteiger partial charge in [-0.05, 0) is 44.4 Å². The van der Waals surface area contributed by atoms with E-state index < -0.39 is 29.6 Å². The van der Waals surface area contributed by atoms with Gasteiger partial charge in [0.05, 0.1) is 12.0 Å². The third-order valence-corrected chi connectivity index (χ3v) is 4.57. The topological polar surface area (TPSA) is 109 Å². The van der Waals surface area contributed by atoms with Crippen LogP contribution in [0, 0.1) is 6.92 Å². The zero-order valence-corrected chi connectivity index (χ0v) is 16.7. The SMILES string of the molecule is CCCc1cc(=O)oc2c(C)c(O[C@H](C)C(=O)N[C@H](CCC)C(=O)[O-])ccc12. The van der Waals surface area contributed by atoms with Crippen molar-refractivity contribution in [2.75, 3.05) is 0 Å². The van der Waals surface area contributed by atoms with E-state index in [9.17, 15) is 19.5 Å². The summed E-state index contributed by atoms with van der Waals surface area (Å²) in [7, 11) is 0. The molecule has 0 saturated carbocycles. The van der Waals surface area contributed by atoms with Crippen LogP contribution in [0.2, 0.25) is 0 Å². The van der Waals surface area contributed by atoms with Crippen molar-refractivity contribution < 1.29 is 23.8 Å². The van der Waals surface area contributed by atoms with Crippen molar-refractivity contribution >= 4 is 22.8 Å². The molecule has 0 spiro atoms. The van der Waals surface area contributed by atoms with Gasteiger partial charge in [-0.3, -0.25) is 4.79 Å². The Morgan fingerprint density at radius 3 is 2.57 bits per heavy atom. The zero-order chi connectivity index (χ0) is 20.8. The number of aliphatic carboxylic acids is 1. The third-order valence-electron chi connectivity index (χ3n) is 4.57. The lowest BCUT2D eigenvalue weighted by Gasteiger charge is -2.22. The Morgan fingerprint density at radius 2 is 1.96 bits per heavy atom. The number of carboxylic acid groups (broad SMARTS) is 1. The van der Waals surface area contributed by atoms with Gasteiger partial charge in [-0.25, -0.2) is 4.79 Å². The highest BCUT2D eigenvalue weighted by atomic mass is 16.5. The second-order valence-corrected chi connectivity index (χ2v) is 6.84. The zero-order valence-electron chi connectivity index (χ0n) is 16.7. The maximum absolute atomic E-state index is 12.3. The van der Waals surface area contributed by atoms with Crippen LogP contribution in [0.5, 0.6) is 5.75 Å². The molecule has 7 heteroatoms. The third kappa shape index (κ3) is 4.91. The molecule has 2 atom stereocenters. The van der Waals surface area contributed by atoms with Crippen LogP contribution in [0.15, 0.2) is 27.4 Å². The van der Waals surface area contributed by atoms with Crippen LogP contribution in [0.25, 0.3) is 11.0 Å². The monoisotopic (exact) mass is 388 g/mol. The highest BCUT2D eigenvalue weighted by Crippen LogP contribution is 2.29. The van der Waals surface area contributed by atoms with E-state index in [2.05, 4.69) is 5.32 Å². The van der Waals surface area contributed by atoms with Crippen molar-refractivity contribution in [3.63, 3.8) is 0 Å². The van der Waals surface area contributed by atoms with Crippen molar-refractivity contribution in [2.24, 2.45) is 0 Å². The second-order valence-electron chi connectivity index (χ2n) is 6.84. The van der Waals surface area contributed by atoms with Gasteiger partial charge >= 0.3 is 5.63 Å². The number of benzene rings is 1. The standard InChI is InChI=1S/C21H27NO6/c1-5-7-14-11-18(23)28-19-12(3)17(10-9-15(14)19)27-13(4)20(24)22-16(8-6-2)21(25)26/h9-11,13,16H,5-8H2,1-4H3,(H,22,24)(H,25,26)/p-1/t13-,16-/m1/s1. The normalized spacial score (nSPS) is 13.1. The van der Waals surface area contributed by atoms with Gasteiger partial charge in [0.25, 0.3) is 5.91 Å². The van der Waals surface area contributed by atoms with Crippen LogP contribution in [0.1, 0.15) is 51.2 Å². The first kappa shape index (κ1) is 21.5. The molecule has 0 aliphatic rings. The summed E-state index contributed by atoms with van der Waals surface area (Å²) in [5.74, 6) is -1.48. The van der Waals surface area contributed by atoms with Crippen molar-refractivity contribution in [1.82, 2.24) is 5.32 Å². The number of carbonyl (C=O) groups excluding carboxylic acids is 2. The van der Waals surface area contributed by atoms with E-state index in [0.29, 0.717) is 23.3 Å². The molecule has 1 aromatic heterocycles. The summed E-state index contributed by atoms with van der Waals surface area (Å²) in [6, 6.07) is 3.96. The molecule has 0 unspecified atom stereocenters. The van der Waals surface area contributed by atoms with Crippen LogP contribution >= 0.6 is 0 Å². The van der Waals surface area contributed by atoms with Crippen LogP contribution in [-0.4, -0.2) is 24.0 Å². The Hall–Kier alpha value is -2.83. The fraction of sp³-hybridized carbons (Fsp3) is 0.476. The van der Waals surface area contributed by atoms with E-state index in [1.54, 1.807) is 19.1 Å². The minimum Gasteiger partial charge on any atom is -0.548 e. The number of ether oxygens (including phenoxy) is 1. The Balaban J connectivity index is 2.26. The Morgan fingerprint density at radius 1 is 1.25 bits per heavy atom. The van der Waals surface area contributed by atoms with Crippen molar-refractivity contribution in [2.45, 2.75) is 65.5 Å². The summed E-state index contributed by atoms with van der Waals surface area (Å²) in [4.78, 5) is 35.3. The molecule has 1 aromatic carbocycles. The maximum atomic E-state index is 12.3. The molecule has 1 heterocycles. The first-order valence-electron chi connectivity index (χ1n) is 9.52. The lowest BCUT2D eigenvalue weighted by Crippen LogP contribution is -2.51. The maximum Gasteiger partial charge on any atom is 0.336 e. The molecule has 2 rings (SSSR count).